The van der Waals surface area contributed by atoms with Crippen molar-refractivity contribution in [3.05, 3.63) is 0 Å². The fourth-order valence-corrected chi connectivity index (χ4v) is 0.967. The molecule has 0 aliphatic rings. The lowest BCUT2D eigenvalue weighted by molar-refractivity contribution is -0.152. The van der Waals surface area contributed by atoms with E-state index in [1.165, 1.54) is 13.8 Å². The monoisotopic (exact) mass is 218 g/mol. The fraction of sp³-hybridized carbons (Fsp3) is 0.909. The first kappa shape index (κ1) is 14.4. The van der Waals surface area contributed by atoms with Crippen molar-refractivity contribution in [1.82, 2.24) is 0 Å². The van der Waals surface area contributed by atoms with Gasteiger partial charge in [0, 0.05) is 6.42 Å². The highest BCUT2D eigenvalue weighted by Crippen LogP contribution is 2.09. The van der Waals surface area contributed by atoms with Crippen LogP contribution in [0.4, 0.5) is 0 Å². The number of rotatable bonds is 7. The minimum Gasteiger partial charge on any atom is -0.463 e. The summed E-state index contributed by atoms with van der Waals surface area (Å²) in [5.74, 6) is -0.313. The number of aliphatic hydroxyl groups excluding tert-OH is 1. The van der Waals surface area contributed by atoms with Gasteiger partial charge in [-0.15, -0.1) is 0 Å². The first-order chi connectivity index (χ1) is 6.88. The molecule has 0 saturated carbocycles. The third-order valence-electron chi connectivity index (χ3n) is 2.20. The Kier molecular flexibility index (Phi) is 6.52. The second-order valence-corrected chi connectivity index (χ2v) is 4.31. The van der Waals surface area contributed by atoms with Gasteiger partial charge < -0.3 is 14.9 Å². The molecule has 1 unspecified atom stereocenters. The SMILES string of the molecule is CCCCCC(=O)OCC(O)C(C)(C)O. The highest BCUT2D eigenvalue weighted by molar-refractivity contribution is 5.69. The van der Waals surface area contributed by atoms with Crippen LogP contribution in [-0.4, -0.2) is 34.5 Å². The normalized spacial score (nSPS) is 13.7. The van der Waals surface area contributed by atoms with Gasteiger partial charge in [-0.1, -0.05) is 19.8 Å². The van der Waals surface area contributed by atoms with E-state index in [1.807, 2.05) is 0 Å². The van der Waals surface area contributed by atoms with Crippen molar-refractivity contribution in [2.24, 2.45) is 0 Å². The molecule has 0 spiro atoms. The molecule has 0 aliphatic carbocycles. The Labute approximate surface area is 91.3 Å². The number of hydrogen-bond donors (Lipinski definition) is 2. The van der Waals surface area contributed by atoms with E-state index in [0.29, 0.717) is 6.42 Å². The minimum absolute atomic E-state index is 0.144. The summed E-state index contributed by atoms with van der Waals surface area (Å²) in [5.41, 5.74) is -1.23. The molecule has 0 aromatic heterocycles. The molecule has 90 valence electrons. The molecule has 0 rings (SSSR count). The van der Waals surface area contributed by atoms with Crippen molar-refractivity contribution in [2.75, 3.05) is 6.61 Å². The molecule has 0 amide bonds. The van der Waals surface area contributed by atoms with Gasteiger partial charge in [0.25, 0.3) is 0 Å². The van der Waals surface area contributed by atoms with E-state index in [-0.39, 0.29) is 12.6 Å². The van der Waals surface area contributed by atoms with Gasteiger partial charge in [0.1, 0.15) is 12.7 Å². The van der Waals surface area contributed by atoms with Crippen molar-refractivity contribution in [1.29, 1.82) is 0 Å². The summed E-state index contributed by atoms with van der Waals surface area (Å²) in [5, 5.41) is 18.8. The van der Waals surface area contributed by atoms with Crippen LogP contribution in [0.2, 0.25) is 0 Å². The van der Waals surface area contributed by atoms with E-state index in [1.54, 1.807) is 0 Å². The summed E-state index contributed by atoms with van der Waals surface area (Å²) in [6, 6.07) is 0. The van der Waals surface area contributed by atoms with E-state index < -0.39 is 11.7 Å². The Morgan fingerprint density at radius 3 is 2.47 bits per heavy atom. The second kappa shape index (κ2) is 6.80. The number of carbonyl (C=O) groups is 1. The predicted octanol–water partition coefficient (Wildman–Crippen LogP) is 1.24. The molecular weight excluding hydrogens is 196 g/mol. The number of ether oxygens (including phenoxy) is 1. The maximum Gasteiger partial charge on any atom is 0.305 e. The molecular formula is C11H22O4. The van der Waals surface area contributed by atoms with Gasteiger partial charge in [-0.25, -0.2) is 0 Å². The average molecular weight is 218 g/mol. The summed E-state index contributed by atoms with van der Waals surface area (Å²) in [7, 11) is 0. The second-order valence-electron chi connectivity index (χ2n) is 4.31. The zero-order chi connectivity index (χ0) is 11.9. The topological polar surface area (TPSA) is 66.8 Å². The molecule has 2 N–H and O–H groups in total. The van der Waals surface area contributed by atoms with Crippen LogP contribution in [0.5, 0.6) is 0 Å². The minimum atomic E-state index is -1.23. The standard InChI is InChI=1S/C11H22O4/c1-4-5-6-7-10(13)15-8-9(12)11(2,3)14/h9,12,14H,4-8H2,1-3H3. The molecule has 0 radical (unpaired) electrons. The van der Waals surface area contributed by atoms with Crippen LogP contribution in [-0.2, 0) is 9.53 Å². The Hall–Kier alpha value is -0.610. The summed E-state index contributed by atoms with van der Waals surface area (Å²) >= 11 is 0. The van der Waals surface area contributed by atoms with Gasteiger partial charge in [0.15, 0.2) is 0 Å². The summed E-state index contributed by atoms with van der Waals surface area (Å²) < 4.78 is 4.83. The van der Waals surface area contributed by atoms with Crippen LogP contribution in [0.3, 0.4) is 0 Å². The lowest BCUT2D eigenvalue weighted by atomic mass is 10.0. The van der Waals surface area contributed by atoms with E-state index >= 15 is 0 Å². The van der Waals surface area contributed by atoms with E-state index in [9.17, 15) is 15.0 Å². The molecule has 0 aromatic rings. The molecule has 0 aromatic carbocycles. The summed E-state index contributed by atoms with van der Waals surface area (Å²) in [4.78, 5) is 11.1. The van der Waals surface area contributed by atoms with E-state index in [0.717, 1.165) is 19.3 Å². The molecule has 15 heavy (non-hydrogen) atoms. The summed E-state index contributed by atoms with van der Waals surface area (Å²) in [6.07, 6.45) is 2.22. The number of esters is 1. The molecule has 0 fully saturated rings. The molecule has 4 nitrogen and oxygen atoms in total. The molecule has 0 bridgehead atoms. The number of unbranched alkanes of at least 4 members (excludes halogenated alkanes) is 2. The summed E-state index contributed by atoms with van der Waals surface area (Å²) in [6.45, 7) is 4.86. The van der Waals surface area contributed by atoms with Gasteiger partial charge >= 0.3 is 5.97 Å². The van der Waals surface area contributed by atoms with Gasteiger partial charge in [-0.05, 0) is 20.3 Å². The van der Waals surface area contributed by atoms with Crippen molar-refractivity contribution < 1.29 is 19.7 Å². The van der Waals surface area contributed by atoms with Crippen LogP contribution >= 0.6 is 0 Å². The third kappa shape index (κ3) is 7.33. The third-order valence-corrected chi connectivity index (χ3v) is 2.20. The Morgan fingerprint density at radius 1 is 1.40 bits per heavy atom. The van der Waals surface area contributed by atoms with Crippen molar-refractivity contribution in [3.63, 3.8) is 0 Å². The maximum atomic E-state index is 11.1. The lowest BCUT2D eigenvalue weighted by Crippen LogP contribution is -2.39. The van der Waals surface area contributed by atoms with E-state index in [2.05, 4.69) is 6.92 Å². The van der Waals surface area contributed by atoms with Crippen molar-refractivity contribution in [2.45, 2.75) is 58.2 Å². The zero-order valence-corrected chi connectivity index (χ0v) is 9.82. The lowest BCUT2D eigenvalue weighted by Gasteiger charge is -2.23. The average Bonchev–Trinajstić information content (AvgIpc) is 2.13. The fourth-order valence-electron chi connectivity index (χ4n) is 0.967. The first-order valence-electron chi connectivity index (χ1n) is 5.44. The van der Waals surface area contributed by atoms with Gasteiger partial charge in [0.2, 0.25) is 0 Å². The van der Waals surface area contributed by atoms with Crippen molar-refractivity contribution >= 4 is 5.97 Å². The number of aliphatic hydroxyl groups is 2. The van der Waals surface area contributed by atoms with Gasteiger partial charge in [0.05, 0.1) is 5.60 Å². The van der Waals surface area contributed by atoms with Crippen molar-refractivity contribution in [3.8, 4) is 0 Å². The van der Waals surface area contributed by atoms with Crippen LogP contribution in [0.1, 0.15) is 46.5 Å². The highest BCUT2D eigenvalue weighted by Gasteiger charge is 2.25. The molecule has 0 aliphatic heterocycles. The molecule has 1 atom stereocenters. The van der Waals surface area contributed by atoms with Crippen LogP contribution < -0.4 is 0 Å². The number of carbonyl (C=O) groups excluding carboxylic acids is 1. The van der Waals surface area contributed by atoms with Gasteiger partial charge in [-0.3, -0.25) is 4.79 Å². The van der Waals surface area contributed by atoms with Gasteiger partial charge in [-0.2, -0.15) is 0 Å². The Morgan fingerprint density at radius 2 is 2.00 bits per heavy atom. The smallest absolute Gasteiger partial charge is 0.305 e. The quantitative estimate of drug-likeness (QED) is 0.498. The first-order valence-corrected chi connectivity index (χ1v) is 5.44. The molecule has 0 saturated heterocycles. The Balaban J connectivity index is 3.62. The van der Waals surface area contributed by atoms with Crippen LogP contribution in [0.15, 0.2) is 0 Å². The zero-order valence-electron chi connectivity index (χ0n) is 9.82. The molecule has 0 heterocycles. The largest absolute Gasteiger partial charge is 0.463 e. The molecule has 4 heteroatoms. The number of hydrogen-bond acceptors (Lipinski definition) is 4. The van der Waals surface area contributed by atoms with Crippen LogP contribution in [0, 0.1) is 0 Å². The predicted molar refractivity (Wildman–Crippen MR) is 57.4 cm³/mol. The van der Waals surface area contributed by atoms with E-state index in [4.69, 9.17) is 4.74 Å². The van der Waals surface area contributed by atoms with Crippen LogP contribution in [0.25, 0.3) is 0 Å². The Bertz CT molecular complexity index is 184. The maximum absolute atomic E-state index is 11.1. The highest BCUT2D eigenvalue weighted by atomic mass is 16.5.